The van der Waals surface area contributed by atoms with Gasteiger partial charge in [-0.15, -0.1) is 0 Å². The molecular formula is C14H11BFNO. The minimum Gasteiger partial charge on any atom is -0.348 e. The molecule has 0 saturated carbocycles. The maximum atomic E-state index is 12.9. The van der Waals surface area contributed by atoms with Gasteiger partial charge in [0.25, 0.3) is 5.91 Å². The van der Waals surface area contributed by atoms with Gasteiger partial charge in [-0.1, -0.05) is 35.8 Å². The van der Waals surface area contributed by atoms with Crippen molar-refractivity contribution in [3.05, 3.63) is 65.5 Å². The van der Waals surface area contributed by atoms with E-state index in [9.17, 15) is 9.18 Å². The highest BCUT2D eigenvalue weighted by Crippen LogP contribution is 2.04. The molecule has 0 bridgehead atoms. The van der Waals surface area contributed by atoms with Gasteiger partial charge < -0.3 is 5.32 Å². The smallest absolute Gasteiger partial charge is 0.251 e. The average Bonchev–Trinajstić information content (AvgIpc) is 2.38. The Kier molecular flexibility index (Phi) is 3.77. The monoisotopic (exact) mass is 239 g/mol. The lowest BCUT2D eigenvalue weighted by Gasteiger charge is -2.06. The second-order valence-corrected chi connectivity index (χ2v) is 3.93. The molecule has 0 spiro atoms. The molecule has 18 heavy (non-hydrogen) atoms. The molecule has 2 aromatic carbocycles. The van der Waals surface area contributed by atoms with E-state index in [0.717, 1.165) is 5.56 Å². The molecule has 0 aromatic heterocycles. The molecule has 88 valence electrons. The van der Waals surface area contributed by atoms with Crippen LogP contribution < -0.4 is 10.8 Å². The van der Waals surface area contributed by atoms with Crippen LogP contribution in [0.25, 0.3) is 0 Å². The summed E-state index contributed by atoms with van der Waals surface area (Å²) in [6.45, 7) is 0.385. The Morgan fingerprint density at radius 1 is 1.17 bits per heavy atom. The number of benzene rings is 2. The van der Waals surface area contributed by atoms with E-state index in [1.807, 2.05) is 12.1 Å². The standard InChI is InChI=1S/C14H11BFNO/c15-12-6-4-10(5-7-12)9-17-14(18)11-2-1-3-13(16)8-11/h1-8H,9H2,(H,17,18). The third kappa shape index (κ3) is 3.20. The molecule has 0 fully saturated rings. The molecule has 0 heterocycles. The number of hydrogen-bond donors (Lipinski definition) is 1. The quantitative estimate of drug-likeness (QED) is 0.809. The van der Waals surface area contributed by atoms with Crippen LogP contribution in [0.15, 0.2) is 48.5 Å². The number of rotatable bonds is 3. The zero-order chi connectivity index (χ0) is 13.0. The topological polar surface area (TPSA) is 29.1 Å². The summed E-state index contributed by atoms with van der Waals surface area (Å²) in [4.78, 5) is 11.7. The highest BCUT2D eigenvalue weighted by molar-refractivity contribution is 6.32. The van der Waals surface area contributed by atoms with Crippen LogP contribution in [-0.2, 0) is 6.54 Å². The van der Waals surface area contributed by atoms with Gasteiger partial charge in [-0.25, -0.2) is 4.39 Å². The summed E-state index contributed by atoms with van der Waals surface area (Å²) in [6, 6.07) is 12.8. The van der Waals surface area contributed by atoms with Crippen molar-refractivity contribution in [2.24, 2.45) is 0 Å². The van der Waals surface area contributed by atoms with Gasteiger partial charge in [0.05, 0.1) is 0 Å². The van der Waals surface area contributed by atoms with Crippen LogP contribution in [0.3, 0.4) is 0 Å². The lowest BCUT2D eigenvalue weighted by Crippen LogP contribution is -2.23. The molecule has 0 unspecified atom stereocenters. The molecule has 0 aliphatic heterocycles. The molecule has 2 aromatic rings. The number of nitrogens with one attached hydrogen (secondary N) is 1. The maximum Gasteiger partial charge on any atom is 0.251 e. The first kappa shape index (κ1) is 12.4. The minimum absolute atomic E-state index is 0.300. The summed E-state index contributed by atoms with van der Waals surface area (Å²) in [6.07, 6.45) is 0. The Balaban J connectivity index is 1.98. The van der Waals surface area contributed by atoms with E-state index >= 15 is 0 Å². The summed E-state index contributed by atoms with van der Waals surface area (Å²) in [5, 5.41) is 2.72. The first-order valence-electron chi connectivity index (χ1n) is 5.53. The summed E-state index contributed by atoms with van der Waals surface area (Å²) in [5.74, 6) is -0.721. The van der Waals surface area contributed by atoms with Crippen molar-refractivity contribution in [3.63, 3.8) is 0 Å². The predicted molar refractivity (Wildman–Crippen MR) is 69.4 cm³/mol. The maximum absolute atomic E-state index is 12.9. The van der Waals surface area contributed by atoms with Crippen LogP contribution in [0.5, 0.6) is 0 Å². The minimum atomic E-state index is -0.421. The fourth-order valence-electron chi connectivity index (χ4n) is 1.55. The fourth-order valence-corrected chi connectivity index (χ4v) is 1.55. The molecule has 1 N–H and O–H groups in total. The first-order valence-corrected chi connectivity index (χ1v) is 5.53. The highest BCUT2D eigenvalue weighted by atomic mass is 19.1. The second-order valence-electron chi connectivity index (χ2n) is 3.93. The lowest BCUT2D eigenvalue weighted by molar-refractivity contribution is 0.0950. The molecule has 0 saturated heterocycles. The number of hydrogen-bond acceptors (Lipinski definition) is 1. The van der Waals surface area contributed by atoms with Gasteiger partial charge in [0.1, 0.15) is 13.7 Å². The van der Waals surface area contributed by atoms with Gasteiger partial charge in [-0.3, -0.25) is 4.79 Å². The predicted octanol–water partition coefficient (Wildman–Crippen LogP) is 1.55. The Morgan fingerprint density at radius 2 is 1.89 bits per heavy atom. The van der Waals surface area contributed by atoms with Gasteiger partial charge in [0.2, 0.25) is 0 Å². The van der Waals surface area contributed by atoms with E-state index in [2.05, 4.69) is 5.32 Å². The van der Waals surface area contributed by atoms with Crippen LogP contribution in [-0.4, -0.2) is 13.8 Å². The Morgan fingerprint density at radius 3 is 2.56 bits per heavy atom. The zero-order valence-electron chi connectivity index (χ0n) is 9.69. The van der Waals surface area contributed by atoms with E-state index in [0.29, 0.717) is 17.6 Å². The zero-order valence-corrected chi connectivity index (χ0v) is 9.69. The van der Waals surface area contributed by atoms with Crippen molar-refractivity contribution in [2.45, 2.75) is 6.54 Å². The fraction of sp³-hybridized carbons (Fsp3) is 0.0714. The summed E-state index contributed by atoms with van der Waals surface area (Å²) < 4.78 is 12.9. The Bertz CT molecular complexity index is 554. The van der Waals surface area contributed by atoms with Crippen molar-refractivity contribution in [1.29, 1.82) is 0 Å². The van der Waals surface area contributed by atoms with Crippen LogP contribution in [0.2, 0.25) is 0 Å². The van der Waals surface area contributed by atoms with Crippen molar-refractivity contribution in [2.75, 3.05) is 0 Å². The van der Waals surface area contributed by atoms with E-state index in [4.69, 9.17) is 7.85 Å². The van der Waals surface area contributed by atoms with Crippen molar-refractivity contribution >= 4 is 19.2 Å². The number of carbonyl (C=O) groups excluding carboxylic acids is 1. The summed E-state index contributed by atoms with van der Waals surface area (Å²) in [7, 11) is 5.56. The molecule has 4 heteroatoms. The van der Waals surface area contributed by atoms with E-state index in [1.165, 1.54) is 18.2 Å². The van der Waals surface area contributed by atoms with Gasteiger partial charge in [0.15, 0.2) is 0 Å². The largest absolute Gasteiger partial charge is 0.348 e. The van der Waals surface area contributed by atoms with Crippen LogP contribution >= 0.6 is 0 Å². The summed E-state index contributed by atoms with van der Waals surface area (Å²) in [5.41, 5.74) is 1.93. The number of amides is 1. The van der Waals surface area contributed by atoms with Gasteiger partial charge >= 0.3 is 0 Å². The van der Waals surface area contributed by atoms with Crippen molar-refractivity contribution < 1.29 is 9.18 Å². The highest BCUT2D eigenvalue weighted by Gasteiger charge is 2.05. The molecule has 1 amide bonds. The van der Waals surface area contributed by atoms with Crippen molar-refractivity contribution in [1.82, 2.24) is 5.32 Å². The Hall–Kier alpha value is -2.10. The third-order valence-electron chi connectivity index (χ3n) is 2.52. The van der Waals surface area contributed by atoms with Gasteiger partial charge in [-0.2, -0.15) is 0 Å². The molecule has 2 radical (unpaired) electrons. The molecular weight excluding hydrogens is 228 g/mol. The summed E-state index contributed by atoms with van der Waals surface area (Å²) >= 11 is 0. The number of halogens is 1. The van der Waals surface area contributed by atoms with Crippen LogP contribution in [0, 0.1) is 5.82 Å². The van der Waals surface area contributed by atoms with Crippen LogP contribution in [0.4, 0.5) is 4.39 Å². The number of carbonyl (C=O) groups is 1. The molecule has 2 rings (SSSR count). The van der Waals surface area contributed by atoms with Crippen molar-refractivity contribution in [3.8, 4) is 0 Å². The lowest BCUT2D eigenvalue weighted by atomic mass is 9.95. The average molecular weight is 239 g/mol. The SMILES string of the molecule is [B]c1ccc(CNC(=O)c2cccc(F)c2)cc1. The Labute approximate surface area is 106 Å². The first-order chi connectivity index (χ1) is 8.65. The van der Waals surface area contributed by atoms with Crippen LogP contribution in [0.1, 0.15) is 15.9 Å². The normalized spacial score (nSPS) is 10.1. The van der Waals surface area contributed by atoms with E-state index in [1.54, 1.807) is 18.2 Å². The molecule has 0 aliphatic carbocycles. The second kappa shape index (κ2) is 5.49. The van der Waals surface area contributed by atoms with Gasteiger partial charge in [-0.05, 0) is 23.8 Å². The van der Waals surface area contributed by atoms with E-state index in [-0.39, 0.29) is 5.91 Å². The molecule has 0 atom stereocenters. The van der Waals surface area contributed by atoms with Gasteiger partial charge in [0, 0.05) is 12.1 Å². The molecule has 0 aliphatic rings. The molecule has 2 nitrogen and oxygen atoms in total. The third-order valence-corrected chi connectivity index (χ3v) is 2.52. The van der Waals surface area contributed by atoms with E-state index < -0.39 is 5.82 Å².